The number of carbonyl (C=O) groups excluding carboxylic acids is 1. The number of aliphatic hydroxyl groups excluding tert-OH is 1. The lowest BCUT2D eigenvalue weighted by atomic mass is 9.89. The van der Waals surface area contributed by atoms with Crippen LogP contribution in [0.15, 0.2) is 41.4 Å². The first kappa shape index (κ1) is 15.5. The molecule has 1 amide bonds. The summed E-state index contributed by atoms with van der Waals surface area (Å²) in [7, 11) is 0. The van der Waals surface area contributed by atoms with E-state index in [1.807, 2.05) is 12.1 Å². The van der Waals surface area contributed by atoms with Gasteiger partial charge in [0.05, 0.1) is 37.2 Å². The summed E-state index contributed by atoms with van der Waals surface area (Å²) in [5.41, 5.74) is 1.70. The fraction of sp³-hybridized carbons (Fsp3) is 0.312. The van der Waals surface area contributed by atoms with Crippen LogP contribution in [0.5, 0.6) is 0 Å². The second-order valence-corrected chi connectivity index (χ2v) is 5.85. The van der Waals surface area contributed by atoms with Crippen molar-refractivity contribution in [3.63, 3.8) is 0 Å². The molecule has 25 heavy (non-hydrogen) atoms. The summed E-state index contributed by atoms with van der Waals surface area (Å²) in [6.07, 6.45) is 7.55. The SMILES string of the molecule is O=C(N[C@@H]1CC[C@H]1O)c1coc(Cc2ccc(-n3nccn3)cn2)n1. The van der Waals surface area contributed by atoms with E-state index in [-0.39, 0.29) is 17.6 Å². The zero-order valence-corrected chi connectivity index (χ0v) is 13.2. The molecule has 0 aliphatic heterocycles. The molecule has 0 bridgehead atoms. The van der Waals surface area contributed by atoms with Crippen molar-refractivity contribution in [2.75, 3.05) is 0 Å². The monoisotopic (exact) mass is 340 g/mol. The van der Waals surface area contributed by atoms with E-state index in [0.717, 1.165) is 17.8 Å². The maximum atomic E-state index is 12.1. The van der Waals surface area contributed by atoms with Crippen LogP contribution in [0.3, 0.4) is 0 Å². The Hall–Kier alpha value is -3.07. The molecule has 3 heterocycles. The van der Waals surface area contributed by atoms with Gasteiger partial charge >= 0.3 is 0 Å². The van der Waals surface area contributed by atoms with E-state index in [1.54, 1.807) is 18.6 Å². The molecule has 0 radical (unpaired) electrons. The van der Waals surface area contributed by atoms with Crippen molar-refractivity contribution >= 4 is 5.91 Å². The van der Waals surface area contributed by atoms with Gasteiger partial charge in [0.15, 0.2) is 5.69 Å². The molecule has 0 spiro atoms. The highest BCUT2D eigenvalue weighted by atomic mass is 16.3. The minimum Gasteiger partial charge on any atom is -0.448 e. The van der Waals surface area contributed by atoms with Crippen molar-refractivity contribution in [2.24, 2.45) is 0 Å². The second kappa shape index (κ2) is 6.44. The summed E-state index contributed by atoms with van der Waals surface area (Å²) < 4.78 is 5.35. The first-order valence-electron chi connectivity index (χ1n) is 7.94. The van der Waals surface area contributed by atoms with E-state index in [4.69, 9.17) is 4.42 Å². The molecule has 2 N–H and O–H groups in total. The summed E-state index contributed by atoms with van der Waals surface area (Å²) in [5.74, 6) is 0.0589. The summed E-state index contributed by atoms with van der Waals surface area (Å²) in [4.78, 5) is 22.0. The van der Waals surface area contributed by atoms with E-state index in [0.29, 0.717) is 18.7 Å². The summed E-state index contributed by atoms with van der Waals surface area (Å²) in [6.45, 7) is 0. The lowest BCUT2D eigenvalue weighted by Crippen LogP contribution is -2.50. The van der Waals surface area contributed by atoms with Crippen LogP contribution in [0.2, 0.25) is 0 Å². The fourth-order valence-electron chi connectivity index (χ4n) is 2.53. The highest BCUT2D eigenvalue weighted by Gasteiger charge is 2.30. The third-order valence-electron chi connectivity index (χ3n) is 4.13. The highest BCUT2D eigenvalue weighted by molar-refractivity contribution is 5.92. The van der Waals surface area contributed by atoms with Gasteiger partial charge in [-0.3, -0.25) is 9.78 Å². The number of aromatic nitrogens is 5. The van der Waals surface area contributed by atoms with Gasteiger partial charge in [-0.1, -0.05) is 0 Å². The predicted octanol–water partition coefficient (Wildman–Crippen LogP) is 0.494. The van der Waals surface area contributed by atoms with Gasteiger partial charge < -0.3 is 14.8 Å². The van der Waals surface area contributed by atoms with Crippen molar-refractivity contribution in [1.29, 1.82) is 0 Å². The quantitative estimate of drug-likeness (QED) is 0.694. The van der Waals surface area contributed by atoms with Gasteiger partial charge in [0, 0.05) is 5.69 Å². The number of carbonyl (C=O) groups is 1. The van der Waals surface area contributed by atoms with Gasteiger partial charge in [0.2, 0.25) is 5.89 Å². The summed E-state index contributed by atoms with van der Waals surface area (Å²) in [6, 6.07) is 3.47. The number of amides is 1. The Balaban J connectivity index is 1.40. The van der Waals surface area contributed by atoms with Gasteiger partial charge in [-0.2, -0.15) is 15.0 Å². The van der Waals surface area contributed by atoms with Crippen LogP contribution in [0.25, 0.3) is 5.69 Å². The van der Waals surface area contributed by atoms with Gasteiger partial charge in [0.25, 0.3) is 5.91 Å². The molecular weight excluding hydrogens is 324 g/mol. The van der Waals surface area contributed by atoms with Gasteiger partial charge in [0.1, 0.15) is 12.0 Å². The van der Waals surface area contributed by atoms with Crippen LogP contribution in [0, 0.1) is 0 Å². The zero-order chi connectivity index (χ0) is 17.2. The van der Waals surface area contributed by atoms with Crippen molar-refractivity contribution in [1.82, 2.24) is 30.3 Å². The molecule has 0 unspecified atom stereocenters. The molecule has 4 rings (SSSR count). The van der Waals surface area contributed by atoms with Crippen LogP contribution < -0.4 is 5.32 Å². The molecule has 1 saturated carbocycles. The molecule has 1 aliphatic rings. The van der Waals surface area contributed by atoms with Crippen LogP contribution >= 0.6 is 0 Å². The normalized spacial score (nSPS) is 19.4. The molecule has 128 valence electrons. The molecule has 9 nitrogen and oxygen atoms in total. The Bertz CT molecular complexity index is 858. The minimum absolute atomic E-state index is 0.197. The summed E-state index contributed by atoms with van der Waals surface area (Å²) >= 11 is 0. The topological polar surface area (TPSA) is 119 Å². The first-order chi connectivity index (χ1) is 12.2. The van der Waals surface area contributed by atoms with Gasteiger partial charge in [-0.15, -0.1) is 0 Å². The van der Waals surface area contributed by atoms with Crippen molar-refractivity contribution in [3.8, 4) is 5.69 Å². The number of aliphatic hydroxyl groups is 1. The van der Waals surface area contributed by atoms with Gasteiger partial charge in [-0.05, 0) is 25.0 Å². The van der Waals surface area contributed by atoms with E-state index >= 15 is 0 Å². The molecular formula is C16H16N6O3. The van der Waals surface area contributed by atoms with Crippen molar-refractivity contribution < 1.29 is 14.3 Å². The number of oxazole rings is 1. The fourth-order valence-corrected chi connectivity index (χ4v) is 2.53. The van der Waals surface area contributed by atoms with Crippen LogP contribution in [0.1, 0.15) is 34.9 Å². The smallest absolute Gasteiger partial charge is 0.273 e. The molecule has 2 atom stereocenters. The number of nitrogens with one attached hydrogen (secondary N) is 1. The first-order valence-corrected chi connectivity index (χ1v) is 7.94. The third kappa shape index (κ3) is 3.26. The van der Waals surface area contributed by atoms with Crippen LogP contribution in [-0.2, 0) is 6.42 Å². The molecule has 0 saturated heterocycles. The number of rotatable bonds is 5. The van der Waals surface area contributed by atoms with E-state index in [1.165, 1.54) is 11.1 Å². The van der Waals surface area contributed by atoms with E-state index in [2.05, 4.69) is 25.5 Å². The average molecular weight is 340 g/mol. The highest BCUT2D eigenvalue weighted by Crippen LogP contribution is 2.20. The maximum absolute atomic E-state index is 12.1. The second-order valence-electron chi connectivity index (χ2n) is 5.85. The maximum Gasteiger partial charge on any atom is 0.273 e. The van der Waals surface area contributed by atoms with Crippen molar-refractivity contribution in [3.05, 3.63) is 54.3 Å². The molecule has 1 aliphatic carbocycles. The number of hydrogen-bond acceptors (Lipinski definition) is 7. The van der Waals surface area contributed by atoms with Crippen LogP contribution in [0.4, 0.5) is 0 Å². The number of pyridine rings is 1. The van der Waals surface area contributed by atoms with E-state index in [9.17, 15) is 9.90 Å². The van der Waals surface area contributed by atoms with Crippen molar-refractivity contribution in [2.45, 2.75) is 31.4 Å². The average Bonchev–Trinajstić information content (AvgIpc) is 3.31. The molecule has 9 heteroatoms. The molecule has 1 fully saturated rings. The van der Waals surface area contributed by atoms with E-state index < -0.39 is 6.10 Å². The van der Waals surface area contributed by atoms with Gasteiger partial charge in [-0.25, -0.2) is 4.98 Å². The molecule has 0 aromatic carbocycles. The number of hydrogen-bond donors (Lipinski definition) is 2. The largest absolute Gasteiger partial charge is 0.448 e. The lowest BCUT2D eigenvalue weighted by Gasteiger charge is -2.32. The molecule has 3 aromatic rings. The molecule has 3 aromatic heterocycles. The zero-order valence-electron chi connectivity index (χ0n) is 13.2. The Labute approximate surface area is 142 Å². The predicted molar refractivity (Wildman–Crippen MR) is 85.0 cm³/mol. The Morgan fingerprint density at radius 3 is 2.80 bits per heavy atom. The lowest BCUT2D eigenvalue weighted by molar-refractivity contribution is 0.0445. The Kier molecular flexibility index (Phi) is 3.98. The summed E-state index contributed by atoms with van der Waals surface area (Å²) in [5, 5.41) is 20.3. The van der Waals surface area contributed by atoms with Crippen LogP contribution in [-0.4, -0.2) is 48.1 Å². The number of nitrogens with zero attached hydrogens (tertiary/aromatic N) is 5. The minimum atomic E-state index is -0.470. The Morgan fingerprint density at radius 2 is 2.16 bits per heavy atom. The Morgan fingerprint density at radius 1 is 1.32 bits per heavy atom. The third-order valence-corrected chi connectivity index (χ3v) is 4.13. The standard InChI is InChI=1S/C16H16N6O3/c23-14-4-3-12(14)21-16(24)13-9-25-15(20-13)7-10-1-2-11(8-17-10)22-18-5-6-19-22/h1-2,5-6,8-9,12,14,23H,3-4,7H2,(H,21,24)/t12-,14-/m1/s1.